The Hall–Kier alpha value is -3.07. The molecule has 0 aliphatic carbocycles. The van der Waals surface area contributed by atoms with Crippen molar-refractivity contribution in [1.82, 2.24) is 0 Å². The average molecular weight is 345 g/mol. The molecule has 0 saturated carbocycles. The van der Waals surface area contributed by atoms with E-state index in [-0.39, 0.29) is 12.1 Å². The Morgan fingerprint density at radius 3 is 1.62 bits per heavy atom. The largest absolute Gasteiger partial charge is 0.478 e. The van der Waals surface area contributed by atoms with Gasteiger partial charge in [-0.05, 0) is 37.1 Å². The second kappa shape index (κ2) is 7.87. The summed E-state index contributed by atoms with van der Waals surface area (Å²) in [6.45, 7) is 4.24. The quantitative estimate of drug-likeness (QED) is 0.622. The van der Waals surface area contributed by atoms with Gasteiger partial charge in [0.1, 0.15) is 0 Å². The molecule has 3 aromatic rings. The van der Waals surface area contributed by atoms with Gasteiger partial charge in [0.05, 0.1) is 23.3 Å². The molecule has 26 heavy (non-hydrogen) atoms. The molecule has 0 aromatic heterocycles. The van der Waals surface area contributed by atoms with Crippen LogP contribution in [0.1, 0.15) is 47.4 Å². The van der Waals surface area contributed by atoms with Gasteiger partial charge < -0.3 is 10.0 Å². The van der Waals surface area contributed by atoms with Crippen molar-refractivity contribution in [3.63, 3.8) is 0 Å². The third-order valence-corrected chi connectivity index (χ3v) is 4.81. The predicted molar refractivity (Wildman–Crippen MR) is 106 cm³/mol. The summed E-state index contributed by atoms with van der Waals surface area (Å²) in [5.41, 5.74) is 3.34. The Labute approximate surface area is 154 Å². The van der Waals surface area contributed by atoms with Crippen molar-refractivity contribution < 1.29 is 9.90 Å². The first-order chi connectivity index (χ1) is 12.6. The molecule has 2 atom stereocenters. The van der Waals surface area contributed by atoms with Crippen LogP contribution in [-0.2, 0) is 0 Å². The minimum Gasteiger partial charge on any atom is -0.478 e. The van der Waals surface area contributed by atoms with Gasteiger partial charge in [0.25, 0.3) is 0 Å². The maximum Gasteiger partial charge on any atom is 0.337 e. The highest BCUT2D eigenvalue weighted by atomic mass is 16.4. The van der Waals surface area contributed by atoms with Crippen molar-refractivity contribution in [2.75, 3.05) is 4.90 Å². The summed E-state index contributed by atoms with van der Waals surface area (Å²) < 4.78 is 0. The van der Waals surface area contributed by atoms with Crippen LogP contribution < -0.4 is 4.90 Å². The van der Waals surface area contributed by atoms with Crippen LogP contribution in [-0.4, -0.2) is 11.1 Å². The van der Waals surface area contributed by atoms with Crippen LogP contribution in [0.3, 0.4) is 0 Å². The third kappa shape index (κ3) is 3.62. The van der Waals surface area contributed by atoms with Gasteiger partial charge in [0, 0.05) is 0 Å². The van der Waals surface area contributed by atoms with E-state index in [1.165, 1.54) is 0 Å². The summed E-state index contributed by atoms with van der Waals surface area (Å²) in [6, 6.07) is 27.6. The number of hydrogen-bond donors (Lipinski definition) is 1. The van der Waals surface area contributed by atoms with E-state index in [1.807, 2.05) is 48.5 Å². The standard InChI is InChI=1S/C23H23NO2/c1-17(19-11-5-3-6-12-19)24(18(2)20-13-7-4-8-14-20)22-16-10-9-15-21(22)23(25)26/h3-18H,1-2H3,(H,25,26)/t17-,18-/m1/s1. The zero-order valence-electron chi connectivity index (χ0n) is 15.0. The summed E-state index contributed by atoms with van der Waals surface area (Å²) >= 11 is 0. The number of carboxylic acids is 1. The fraction of sp³-hybridized carbons (Fsp3) is 0.174. The first-order valence-corrected chi connectivity index (χ1v) is 8.80. The van der Waals surface area contributed by atoms with E-state index in [9.17, 15) is 9.90 Å². The first-order valence-electron chi connectivity index (χ1n) is 8.80. The second-order valence-corrected chi connectivity index (χ2v) is 6.40. The highest BCUT2D eigenvalue weighted by Gasteiger charge is 2.26. The normalized spacial score (nSPS) is 13.0. The van der Waals surface area contributed by atoms with Crippen LogP contribution in [0.25, 0.3) is 0 Å². The lowest BCUT2D eigenvalue weighted by Crippen LogP contribution is -2.31. The molecular weight excluding hydrogens is 322 g/mol. The van der Waals surface area contributed by atoms with Crippen molar-refractivity contribution in [3.8, 4) is 0 Å². The van der Waals surface area contributed by atoms with Gasteiger partial charge in [-0.1, -0.05) is 72.8 Å². The molecule has 0 unspecified atom stereocenters. The fourth-order valence-corrected chi connectivity index (χ4v) is 3.42. The molecule has 0 fully saturated rings. The van der Waals surface area contributed by atoms with Gasteiger partial charge >= 0.3 is 5.97 Å². The first kappa shape index (κ1) is 17.7. The van der Waals surface area contributed by atoms with Crippen LogP contribution in [0, 0.1) is 0 Å². The minimum absolute atomic E-state index is 0.0203. The van der Waals surface area contributed by atoms with Crippen LogP contribution >= 0.6 is 0 Å². The maximum atomic E-state index is 11.8. The van der Waals surface area contributed by atoms with E-state index in [0.29, 0.717) is 5.56 Å². The molecular formula is C23H23NO2. The van der Waals surface area contributed by atoms with Gasteiger partial charge in [-0.15, -0.1) is 0 Å². The number of para-hydroxylation sites is 1. The summed E-state index contributed by atoms with van der Waals surface area (Å²) in [4.78, 5) is 14.0. The summed E-state index contributed by atoms with van der Waals surface area (Å²) in [7, 11) is 0. The molecule has 0 bridgehead atoms. The Balaban J connectivity index is 2.12. The number of aromatic carboxylic acids is 1. The van der Waals surface area contributed by atoms with E-state index >= 15 is 0 Å². The van der Waals surface area contributed by atoms with E-state index in [0.717, 1.165) is 16.8 Å². The molecule has 3 nitrogen and oxygen atoms in total. The summed E-state index contributed by atoms with van der Waals surface area (Å²) in [5.74, 6) is -0.911. The molecule has 0 aliphatic rings. The molecule has 0 saturated heterocycles. The smallest absolute Gasteiger partial charge is 0.337 e. The molecule has 3 aromatic carbocycles. The molecule has 0 heterocycles. The van der Waals surface area contributed by atoms with Crippen molar-refractivity contribution >= 4 is 11.7 Å². The van der Waals surface area contributed by atoms with Gasteiger partial charge in [0.15, 0.2) is 0 Å². The molecule has 3 rings (SSSR count). The van der Waals surface area contributed by atoms with Gasteiger partial charge in [0.2, 0.25) is 0 Å². The monoisotopic (exact) mass is 345 g/mol. The third-order valence-electron chi connectivity index (χ3n) is 4.81. The lowest BCUT2D eigenvalue weighted by molar-refractivity contribution is 0.0697. The number of benzene rings is 3. The summed E-state index contributed by atoms with van der Waals surface area (Å²) in [5, 5.41) is 9.69. The van der Waals surface area contributed by atoms with E-state index < -0.39 is 5.97 Å². The highest BCUT2D eigenvalue weighted by Crippen LogP contribution is 2.37. The maximum absolute atomic E-state index is 11.8. The number of anilines is 1. The molecule has 132 valence electrons. The molecule has 0 radical (unpaired) electrons. The van der Waals surface area contributed by atoms with E-state index in [2.05, 4.69) is 43.0 Å². The van der Waals surface area contributed by atoms with Crippen LogP contribution in [0.15, 0.2) is 84.9 Å². The Morgan fingerprint density at radius 1 is 0.731 bits per heavy atom. The second-order valence-electron chi connectivity index (χ2n) is 6.40. The molecule has 1 N–H and O–H groups in total. The fourth-order valence-electron chi connectivity index (χ4n) is 3.42. The van der Waals surface area contributed by atoms with Crippen molar-refractivity contribution in [3.05, 3.63) is 102 Å². The van der Waals surface area contributed by atoms with E-state index in [4.69, 9.17) is 0 Å². The van der Waals surface area contributed by atoms with Crippen LogP contribution in [0.2, 0.25) is 0 Å². The number of rotatable bonds is 6. The van der Waals surface area contributed by atoms with Crippen LogP contribution in [0.4, 0.5) is 5.69 Å². The lowest BCUT2D eigenvalue weighted by atomic mass is 9.98. The molecule has 3 heteroatoms. The van der Waals surface area contributed by atoms with Crippen LogP contribution in [0.5, 0.6) is 0 Å². The minimum atomic E-state index is -0.911. The number of carboxylic acid groups (broad SMARTS) is 1. The van der Waals surface area contributed by atoms with Crippen molar-refractivity contribution in [2.24, 2.45) is 0 Å². The average Bonchev–Trinajstić information content (AvgIpc) is 2.69. The predicted octanol–water partition coefficient (Wildman–Crippen LogP) is 5.71. The Bertz CT molecular complexity index is 816. The van der Waals surface area contributed by atoms with Crippen molar-refractivity contribution in [2.45, 2.75) is 25.9 Å². The number of nitrogens with zero attached hydrogens (tertiary/aromatic N) is 1. The van der Waals surface area contributed by atoms with Gasteiger partial charge in [-0.3, -0.25) is 0 Å². The van der Waals surface area contributed by atoms with Gasteiger partial charge in [-0.25, -0.2) is 4.79 Å². The Kier molecular flexibility index (Phi) is 5.37. The molecule has 0 spiro atoms. The number of hydrogen-bond acceptors (Lipinski definition) is 2. The SMILES string of the molecule is C[C@H](c1ccccc1)N(c1ccccc1C(=O)O)[C@H](C)c1ccccc1. The molecule has 0 amide bonds. The van der Waals surface area contributed by atoms with Crippen molar-refractivity contribution in [1.29, 1.82) is 0 Å². The topological polar surface area (TPSA) is 40.5 Å². The lowest BCUT2D eigenvalue weighted by Gasteiger charge is -2.38. The zero-order chi connectivity index (χ0) is 18.5. The number of carbonyl (C=O) groups is 1. The molecule has 0 aliphatic heterocycles. The van der Waals surface area contributed by atoms with Gasteiger partial charge in [-0.2, -0.15) is 0 Å². The van der Waals surface area contributed by atoms with E-state index in [1.54, 1.807) is 12.1 Å². The Morgan fingerprint density at radius 2 is 1.15 bits per heavy atom. The summed E-state index contributed by atoms with van der Waals surface area (Å²) in [6.07, 6.45) is 0. The zero-order valence-corrected chi connectivity index (χ0v) is 15.0. The highest BCUT2D eigenvalue weighted by molar-refractivity contribution is 5.94.